The van der Waals surface area contributed by atoms with Crippen LogP contribution in [0.5, 0.6) is 5.75 Å². The molecule has 8 heteroatoms. The van der Waals surface area contributed by atoms with Gasteiger partial charge in [0.15, 0.2) is 0 Å². The van der Waals surface area contributed by atoms with E-state index >= 15 is 0 Å². The number of benzene rings is 2. The van der Waals surface area contributed by atoms with Crippen LogP contribution in [-0.2, 0) is 22.1 Å². The maximum absolute atomic E-state index is 13.0. The van der Waals surface area contributed by atoms with Crippen LogP contribution in [0.2, 0.25) is 0 Å². The minimum absolute atomic E-state index is 0.201. The van der Waals surface area contributed by atoms with Gasteiger partial charge in [-0.25, -0.2) is 4.39 Å². The van der Waals surface area contributed by atoms with Gasteiger partial charge in [0.1, 0.15) is 23.9 Å². The van der Waals surface area contributed by atoms with Crippen LogP contribution in [0, 0.1) is 5.82 Å². The van der Waals surface area contributed by atoms with Crippen LogP contribution in [0.25, 0.3) is 11.3 Å². The van der Waals surface area contributed by atoms with Gasteiger partial charge in [-0.15, -0.1) is 9.42 Å². The first-order valence-electron chi connectivity index (χ1n) is 11.2. The molecular formula is C25H30FNO5P+. The Morgan fingerprint density at radius 3 is 2.55 bits per heavy atom. The van der Waals surface area contributed by atoms with Crippen LogP contribution in [0.4, 0.5) is 4.39 Å². The third-order valence-corrected chi connectivity index (χ3v) is 5.54. The summed E-state index contributed by atoms with van der Waals surface area (Å²) in [6.45, 7) is 2.19. The zero-order chi connectivity index (χ0) is 23.3. The van der Waals surface area contributed by atoms with Crippen molar-refractivity contribution in [1.82, 2.24) is 5.32 Å². The predicted octanol–water partition coefficient (Wildman–Crippen LogP) is 6.02. The molecule has 2 aromatic carbocycles. The molecular weight excluding hydrogens is 444 g/mol. The SMILES string of the molecule is O=[P+](O)OCCCNCc1ccc(OCCCCCc2ccc(F)cc2)c(-c2ccco2)c1. The molecule has 1 atom stereocenters. The van der Waals surface area contributed by atoms with E-state index in [0.29, 0.717) is 26.1 Å². The standard InChI is InChI=1S/C25H29FNO5P/c26-22-11-8-20(9-12-22)6-2-1-3-15-30-25-13-10-21(18-23(25)24-7-4-16-31-24)19-27-14-5-17-32-33(28)29/h4,7-13,16,18,27H,1-3,5-6,14-15,17,19H2/p+1. The largest absolute Gasteiger partial charge is 0.694 e. The maximum Gasteiger partial charge on any atom is 0.694 e. The van der Waals surface area contributed by atoms with Gasteiger partial charge in [-0.2, -0.15) is 0 Å². The van der Waals surface area contributed by atoms with E-state index in [1.54, 1.807) is 6.26 Å². The van der Waals surface area contributed by atoms with E-state index < -0.39 is 8.25 Å². The highest BCUT2D eigenvalue weighted by Gasteiger charge is 2.12. The second-order valence-electron chi connectivity index (χ2n) is 7.69. The van der Waals surface area contributed by atoms with Crippen molar-refractivity contribution >= 4 is 8.25 Å². The minimum atomic E-state index is -2.53. The van der Waals surface area contributed by atoms with E-state index in [9.17, 15) is 8.96 Å². The summed E-state index contributed by atoms with van der Waals surface area (Å²) in [6, 6.07) is 16.5. The first-order valence-corrected chi connectivity index (χ1v) is 12.3. The molecule has 0 radical (unpaired) electrons. The number of halogens is 1. The van der Waals surface area contributed by atoms with E-state index in [2.05, 4.69) is 15.9 Å². The van der Waals surface area contributed by atoms with Crippen molar-refractivity contribution < 1.29 is 27.5 Å². The summed E-state index contributed by atoms with van der Waals surface area (Å²) in [6.07, 6.45) is 6.22. The van der Waals surface area contributed by atoms with Gasteiger partial charge >= 0.3 is 8.25 Å². The lowest BCUT2D eigenvalue weighted by Gasteiger charge is -2.13. The van der Waals surface area contributed by atoms with E-state index in [1.165, 1.54) is 12.1 Å². The van der Waals surface area contributed by atoms with Crippen LogP contribution in [0.3, 0.4) is 0 Å². The Kier molecular flexibility index (Phi) is 10.5. The highest BCUT2D eigenvalue weighted by molar-refractivity contribution is 7.32. The van der Waals surface area contributed by atoms with Gasteiger partial charge in [0.05, 0.1) is 18.4 Å². The number of aryl methyl sites for hydroxylation is 1. The van der Waals surface area contributed by atoms with E-state index in [-0.39, 0.29) is 12.4 Å². The Balaban J connectivity index is 1.45. The maximum atomic E-state index is 13.0. The second-order valence-corrected chi connectivity index (χ2v) is 8.43. The van der Waals surface area contributed by atoms with Crippen LogP contribution in [0.15, 0.2) is 65.3 Å². The summed E-state index contributed by atoms with van der Waals surface area (Å²) in [5.41, 5.74) is 3.14. The highest BCUT2D eigenvalue weighted by atomic mass is 31.1. The molecule has 3 aromatic rings. The van der Waals surface area contributed by atoms with Crippen LogP contribution >= 0.6 is 8.25 Å². The number of furan rings is 1. The van der Waals surface area contributed by atoms with E-state index in [4.69, 9.17) is 14.0 Å². The van der Waals surface area contributed by atoms with Crippen molar-refractivity contribution in [1.29, 1.82) is 0 Å². The fourth-order valence-corrected chi connectivity index (χ4v) is 3.74. The molecule has 33 heavy (non-hydrogen) atoms. The first-order chi connectivity index (χ1) is 16.1. The lowest BCUT2D eigenvalue weighted by atomic mass is 10.1. The van der Waals surface area contributed by atoms with Crippen molar-refractivity contribution in [3.05, 3.63) is 77.8 Å². The normalized spacial score (nSPS) is 11.5. The lowest BCUT2D eigenvalue weighted by Crippen LogP contribution is -2.16. The van der Waals surface area contributed by atoms with Gasteiger partial charge in [0.2, 0.25) is 0 Å². The second kappa shape index (κ2) is 13.9. The van der Waals surface area contributed by atoms with E-state index in [1.807, 2.05) is 36.4 Å². The van der Waals surface area contributed by atoms with Gasteiger partial charge in [-0.3, -0.25) is 0 Å². The molecule has 0 fully saturated rings. The topological polar surface area (TPSA) is 80.9 Å². The molecule has 0 saturated heterocycles. The van der Waals surface area contributed by atoms with Crippen molar-refractivity contribution in [2.75, 3.05) is 19.8 Å². The van der Waals surface area contributed by atoms with Gasteiger partial charge in [-0.1, -0.05) is 18.2 Å². The summed E-state index contributed by atoms with van der Waals surface area (Å²) < 4.78 is 39.8. The molecule has 6 nitrogen and oxygen atoms in total. The number of unbranched alkanes of at least 4 members (excludes halogenated alkanes) is 2. The summed E-state index contributed by atoms with van der Waals surface area (Å²) >= 11 is 0. The molecule has 0 bridgehead atoms. The van der Waals surface area contributed by atoms with Crippen molar-refractivity contribution in [2.24, 2.45) is 0 Å². The molecule has 2 N–H and O–H groups in total. The Hall–Kier alpha value is -2.57. The quantitative estimate of drug-likeness (QED) is 0.207. The third kappa shape index (κ3) is 9.06. The molecule has 0 aliphatic rings. The Morgan fingerprint density at radius 1 is 0.970 bits per heavy atom. The Labute approximate surface area is 194 Å². The van der Waals surface area contributed by atoms with Gasteiger partial charge in [-0.05, 0) is 86.2 Å². The highest BCUT2D eigenvalue weighted by Crippen LogP contribution is 2.31. The van der Waals surface area contributed by atoms with E-state index in [0.717, 1.165) is 53.9 Å². The molecule has 0 spiro atoms. The van der Waals surface area contributed by atoms with Crippen LogP contribution < -0.4 is 10.1 Å². The van der Waals surface area contributed by atoms with Gasteiger partial charge in [0.25, 0.3) is 0 Å². The number of nitrogens with one attached hydrogen (secondary N) is 1. The van der Waals surface area contributed by atoms with Gasteiger partial charge in [0, 0.05) is 11.1 Å². The zero-order valence-electron chi connectivity index (χ0n) is 18.5. The average Bonchev–Trinajstić information content (AvgIpc) is 3.35. The predicted molar refractivity (Wildman–Crippen MR) is 126 cm³/mol. The third-order valence-electron chi connectivity index (χ3n) is 5.14. The van der Waals surface area contributed by atoms with Crippen molar-refractivity contribution in [2.45, 2.75) is 38.6 Å². The van der Waals surface area contributed by atoms with Gasteiger partial charge < -0.3 is 14.5 Å². The smallest absolute Gasteiger partial charge is 0.493 e. The Bertz CT molecular complexity index is 979. The summed E-state index contributed by atoms with van der Waals surface area (Å²) in [5.74, 6) is 1.34. The fourth-order valence-electron chi connectivity index (χ4n) is 3.45. The zero-order valence-corrected chi connectivity index (χ0v) is 19.4. The number of ether oxygens (including phenoxy) is 1. The number of rotatable bonds is 15. The molecule has 0 aliphatic heterocycles. The average molecular weight is 474 g/mol. The fraction of sp³-hybridized carbons (Fsp3) is 0.360. The van der Waals surface area contributed by atoms with Crippen LogP contribution in [-0.4, -0.2) is 24.7 Å². The molecule has 3 rings (SSSR count). The summed E-state index contributed by atoms with van der Waals surface area (Å²) in [4.78, 5) is 8.63. The minimum Gasteiger partial charge on any atom is -0.493 e. The molecule has 176 valence electrons. The molecule has 0 saturated carbocycles. The van der Waals surface area contributed by atoms with Crippen LogP contribution in [0.1, 0.15) is 36.8 Å². The Morgan fingerprint density at radius 2 is 1.79 bits per heavy atom. The molecule has 0 aliphatic carbocycles. The molecule has 1 unspecified atom stereocenters. The van der Waals surface area contributed by atoms with Crippen molar-refractivity contribution in [3.8, 4) is 17.1 Å². The monoisotopic (exact) mass is 474 g/mol. The summed E-state index contributed by atoms with van der Waals surface area (Å²) in [5, 5.41) is 3.30. The summed E-state index contributed by atoms with van der Waals surface area (Å²) in [7, 11) is -2.53. The first kappa shape index (κ1) is 25.1. The molecule has 0 amide bonds. The molecule has 1 heterocycles. The molecule has 1 aromatic heterocycles. The number of hydrogen-bond donors (Lipinski definition) is 2. The van der Waals surface area contributed by atoms with Crippen molar-refractivity contribution in [3.63, 3.8) is 0 Å². The lowest BCUT2D eigenvalue weighted by molar-refractivity contribution is 0.276. The number of hydrogen-bond acceptors (Lipinski definition) is 5.